The number of carbonyl (C=O) groups excluding carboxylic acids is 1. The van der Waals surface area contributed by atoms with E-state index in [-0.39, 0.29) is 12.0 Å². The molecule has 1 fully saturated rings. The number of esters is 1. The largest absolute Gasteiger partial charge is 0.459 e. The predicted octanol–water partition coefficient (Wildman–Crippen LogP) is 2.74. The molecule has 0 aromatic carbocycles. The van der Waals surface area contributed by atoms with Gasteiger partial charge in [-0.05, 0) is 45.4 Å². The molecule has 0 amide bonds. The van der Waals surface area contributed by atoms with Crippen molar-refractivity contribution in [3.63, 3.8) is 0 Å². The van der Waals surface area contributed by atoms with Crippen molar-refractivity contribution in [2.24, 2.45) is 11.8 Å². The summed E-state index contributed by atoms with van der Waals surface area (Å²) in [6.45, 7) is 12.4. The summed E-state index contributed by atoms with van der Waals surface area (Å²) in [5.41, 5.74) is -0.391. The lowest BCUT2D eigenvalue weighted by Gasteiger charge is -2.22. The van der Waals surface area contributed by atoms with Crippen LogP contribution in [0.15, 0.2) is 0 Å². The van der Waals surface area contributed by atoms with Crippen molar-refractivity contribution >= 4 is 5.97 Å². The van der Waals surface area contributed by atoms with Crippen LogP contribution in [-0.2, 0) is 9.53 Å². The van der Waals surface area contributed by atoms with Crippen molar-refractivity contribution in [2.45, 2.75) is 72.1 Å². The van der Waals surface area contributed by atoms with E-state index in [0.717, 1.165) is 12.8 Å². The van der Waals surface area contributed by atoms with Gasteiger partial charge in [0.25, 0.3) is 0 Å². The summed E-state index contributed by atoms with van der Waals surface area (Å²) in [5.74, 6) is 1.11. The van der Waals surface area contributed by atoms with Gasteiger partial charge in [0, 0.05) is 6.04 Å². The van der Waals surface area contributed by atoms with E-state index in [0.29, 0.717) is 17.9 Å². The average molecular weight is 241 g/mol. The highest BCUT2D eigenvalue weighted by Gasteiger charge is 2.36. The van der Waals surface area contributed by atoms with Gasteiger partial charge < -0.3 is 10.1 Å². The summed E-state index contributed by atoms with van der Waals surface area (Å²) in [4.78, 5) is 12.0. The highest BCUT2D eigenvalue weighted by molar-refractivity contribution is 5.76. The maximum absolute atomic E-state index is 12.0. The van der Waals surface area contributed by atoms with Gasteiger partial charge in [0.1, 0.15) is 11.6 Å². The zero-order valence-electron chi connectivity index (χ0n) is 12.0. The Bertz CT molecular complexity index is 268. The minimum atomic E-state index is -0.391. The van der Waals surface area contributed by atoms with E-state index < -0.39 is 5.60 Å². The van der Waals surface area contributed by atoms with Crippen molar-refractivity contribution < 1.29 is 9.53 Å². The lowest BCUT2D eigenvalue weighted by atomic mass is 9.94. The molecule has 1 N–H and O–H groups in total. The Morgan fingerprint density at radius 1 is 1.41 bits per heavy atom. The topological polar surface area (TPSA) is 38.3 Å². The van der Waals surface area contributed by atoms with E-state index in [1.54, 1.807) is 0 Å². The van der Waals surface area contributed by atoms with Crippen molar-refractivity contribution in [3.8, 4) is 0 Å². The molecule has 100 valence electrons. The molecule has 1 aliphatic heterocycles. The molecule has 1 saturated heterocycles. The van der Waals surface area contributed by atoms with Crippen molar-refractivity contribution in [3.05, 3.63) is 0 Å². The van der Waals surface area contributed by atoms with Gasteiger partial charge in [-0.15, -0.1) is 0 Å². The van der Waals surface area contributed by atoms with Gasteiger partial charge >= 0.3 is 5.97 Å². The Kier molecular flexibility index (Phi) is 4.59. The van der Waals surface area contributed by atoms with E-state index in [1.165, 1.54) is 0 Å². The van der Waals surface area contributed by atoms with E-state index >= 15 is 0 Å². The first-order valence-electron chi connectivity index (χ1n) is 6.68. The average Bonchev–Trinajstić information content (AvgIpc) is 2.44. The SMILES string of the molecule is CC(C)CC1NC(C(=O)OC(C)(C)C)CC1C. The molecule has 0 aliphatic carbocycles. The Hall–Kier alpha value is -0.570. The van der Waals surface area contributed by atoms with Crippen LogP contribution in [0.2, 0.25) is 0 Å². The van der Waals surface area contributed by atoms with Crippen LogP contribution >= 0.6 is 0 Å². The number of hydrogen-bond donors (Lipinski definition) is 1. The lowest BCUT2D eigenvalue weighted by molar-refractivity contribution is -0.157. The molecular weight excluding hydrogens is 214 g/mol. The van der Waals surface area contributed by atoms with Gasteiger partial charge in [-0.25, -0.2) is 0 Å². The molecule has 1 rings (SSSR count). The van der Waals surface area contributed by atoms with Gasteiger partial charge in [-0.2, -0.15) is 0 Å². The Labute approximate surface area is 105 Å². The van der Waals surface area contributed by atoms with Crippen LogP contribution in [0.1, 0.15) is 54.4 Å². The first-order chi connectivity index (χ1) is 7.69. The summed E-state index contributed by atoms with van der Waals surface area (Å²) < 4.78 is 5.42. The monoisotopic (exact) mass is 241 g/mol. The van der Waals surface area contributed by atoms with Gasteiger partial charge in [0.2, 0.25) is 0 Å². The number of carbonyl (C=O) groups is 1. The van der Waals surface area contributed by atoms with Gasteiger partial charge in [0.15, 0.2) is 0 Å². The molecule has 1 heterocycles. The summed E-state index contributed by atoms with van der Waals surface area (Å²) in [6, 6.07) is 0.334. The molecular formula is C14H27NO2. The van der Waals surface area contributed by atoms with Crippen LogP contribution in [0, 0.1) is 11.8 Å². The van der Waals surface area contributed by atoms with Crippen molar-refractivity contribution in [2.75, 3.05) is 0 Å². The molecule has 3 heteroatoms. The van der Waals surface area contributed by atoms with Crippen LogP contribution in [0.5, 0.6) is 0 Å². The second-order valence-corrected chi connectivity index (χ2v) is 6.70. The van der Waals surface area contributed by atoms with Crippen molar-refractivity contribution in [1.82, 2.24) is 5.32 Å². The van der Waals surface area contributed by atoms with Gasteiger partial charge in [-0.1, -0.05) is 20.8 Å². The third-order valence-corrected chi connectivity index (χ3v) is 3.13. The standard InChI is InChI=1S/C14H27NO2/c1-9(2)7-11-10(3)8-12(15-11)13(16)17-14(4,5)6/h9-12,15H,7-8H2,1-6H3. The second kappa shape index (κ2) is 5.38. The zero-order chi connectivity index (χ0) is 13.2. The smallest absolute Gasteiger partial charge is 0.323 e. The third-order valence-electron chi connectivity index (χ3n) is 3.13. The quantitative estimate of drug-likeness (QED) is 0.772. The van der Waals surface area contributed by atoms with Gasteiger partial charge in [0.05, 0.1) is 0 Å². The first kappa shape index (κ1) is 14.5. The molecule has 0 bridgehead atoms. The fraction of sp³-hybridized carbons (Fsp3) is 0.929. The molecule has 0 aromatic heterocycles. The van der Waals surface area contributed by atoms with Crippen LogP contribution in [-0.4, -0.2) is 23.7 Å². The molecule has 1 aliphatic rings. The molecule has 3 unspecified atom stereocenters. The number of ether oxygens (including phenoxy) is 1. The Morgan fingerprint density at radius 3 is 2.47 bits per heavy atom. The van der Waals surface area contributed by atoms with Crippen LogP contribution < -0.4 is 5.32 Å². The molecule has 3 nitrogen and oxygen atoms in total. The Morgan fingerprint density at radius 2 is 2.00 bits per heavy atom. The first-order valence-corrected chi connectivity index (χ1v) is 6.68. The summed E-state index contributed by atoms with van der Waals surface area (Å²) in [6.07, 6.45) is 2.02. The predicted molar refractivity (Wildman–Crippen MR) is 69.8 cm³/mol. The van der Waals surface area contributed by atoms with Gasteiger partial charge in [-0.3, -0.25) is 4.79 Å². The maximum atomic E-state index is 12.0. The lowest BCUT2D eigenvalue weighted by Crippen LogP contribution is -2.40. The minimum absolute atomic E-state index is 0.101. The highest BCUT2D eigenvalue weighted by Crippen LogP contribution is 2.26. The summed E-state index contributed by atoms with van der Waals surface area (Å²) in [7, 11) is 0. The van der Waals surface area contributed by atoms with E-state index in [2.05, 4.69) is 26.1 Å². The molecule has 3 atom stereocenters. The van der Waals surface area contributed by atoms with Crippen LogP contribution in [0.3, 0.4) is 0 Å². The molecule has 0 spiro atoms. The zero-order valence-corrected chi connectivity index (χ0v) is 12.0. The number of hydrogen-bond acceptors (Lipinski definition) is 3. The minimum Gasteiger partial charge on any atom is -0.459 e. The van der Waals surface area contributed by atoms with E-state index in [4.69, 9.17) is 4.74 Å². The maximum Gasteiger partial charge on any atom is 0.323 e. The summed E-state index contributed by atoms with van der Waals surface area (Å²) in [5, 5.41) is 3.42. The van der Waals surface area contributed by atoms with Crippen LogP contribution in [0.4, 0.5) is 0 Å². The number of nitrogens with one attached hydrogen (secondary N) is 1. The Balaban J connectivity index is 2.51. The second-order valence-electron chi connectivity index (χ2n) is 6.70. The molecule has 0 saturated carbocycles. The van der Waals surface area contributed by atoms with E-state index in [9.17, 15) is 4.79 Å². The normalized spacial score (nSPS) is 29.7. The highest BCUT2D eigenvalue weighted by atomic mass is 16.6. The summed E-state index contributed by atoms with van der Waals surface area (Å²) >= 11 is 0. The molecule has 0 radical (unpaired) electrons. The third kappa shape index (κ3) is 4.66. The molecule has 0 aromatic rings. The van der Waals surface area contributed by atoms with Crippen LogP contribution in [0.25, 0.3) is 0 Å². The number of rotatable bonds is 3. The van der Waals surface area contributed by atoms with E-state index in [1.807, 2.05) is 20.8 Å². The molecule has 17 heavy (non-hydrogen) atoms. The fourth-order valence-corrected chi connectivity index (χ4v) is 2.37. The van der Waals surface area contributed by atoms with Crippen molar-refractivity contribution in [1.29, 1.82) is 0 Å². The fourth-order valence-electron chi connectivity index (χ4n) is 2.37.